The van der Waals surface area contributed by atoms with Crippen molar-refractivity contribution in [3.8, 4) is 11.3 Å². The number of aliphatic hydroxyl groups excluding tert-OH is 1. The number of aromatic nitrogens is 4. The minimum Gasteiger partial charge on any atom is -0.465 e. The summed E-state index contributed by atoms with van der Waals surface area (Å²) in [5, 5.41) is 18.8. The van der Waals surface area contributed by atoms with Crippen molar-refractivity contribution in [3.05, 3.63) is 42.1 Å². The standard InChI is InChI=1S/C22H26N6O4/c29-14-17-13-28-18(12-24-20(21(28)25-17)15-3-9-32-10-4-15)16-1-2-19(23-11-16)26-5-7-27(8-6-26)22(30)31/h1-2,11-13,15,29H,3-10,14H2,(H,30,31). The molecule has 3 aromatic heterocycles. The van der Waals surface area contributed by atoms with Crippen LogP contribution in [0.1, 0.15) is 30.1 Å². The highest BCUT2D eigenvalue weighted by Crippen LogP contribution is 2.31. The molecule has 2 fully saturated rings. The van der Waals surface area contributed by atoms with E-state index in [9.17, 15) is 9.90 Å². The molecule has 10 nitrogen and oxygen atoms in total. The molecular formula is C22H26N6O4. The van der Waals surface area contributed by atoms with Crippen LogP contribution in [-0.2, 0) is 11.3 Å². The van der Waals surface area contributed by atoms with Crippen molar-refractivity contribution in [2.24, 2.45) is 0 Å². The topological polar surface area (TPSA) is 116 Å². The number of carbonyl (C=O) groups is 1. The van der Waals surface area contributed by atoms with Crippen LogP contribution in [0, 0.1) is 0 Å². The Morgan fingerprint density at radius 2 is 1.88 bits per heavy atom. The lowest BCUT2D eigenvalue weighted by atomic mass is 9.96. The number of nitrogens with zero attached hydrogens (tertiary/aromatic N) is 6. The van der Waals surface area contributed by atoms with Crippen LogP contribution in [0.3, 0.4) is 0 Å². The molecule has 0 aliphatic carbocycles. The second-order valence-electron chi connectivity index (χ2n) is 8.16. The second-order valence-corrected chi connectivity index (χ2v) is 8.16. The maximum absolute atomic E-state index is 11.1. The van der Waals surface area contributed by atoms with Gasteiger partial charge in [-0.15, -0.1) is 0 Å². The van der Waals surface area contributed by atoms with Gasteiger partial charge in [-0.2, -0.15) is 0 Å². The van der Waals surface area contributed by atoms with Crippen molar-refractivity contribution in [3.63, 3.8) is 0 Å². The molecule has 5 heterocycles. The molecule has 32 heavy (non-hydrogen) atoms. The van der Waals surface area contributed by atoms with E-state index in [1.54, 1.807) is 0 Å². The van der Waals surface area contributed by atoms with Crippen LogP contribution >= 0.6 is 0 Å². The van der Waals surface area contributed by atoms with Crippen LogP contribution in [0.15, 0.2) is 30.7 Å². The van der Waals surface area contributed by atoms with Gasteiger partial charge < -0.3 is 24.7 Å². The smallest absolute Gasteiger partial charge is 0.407 e. The van der Waals surface area contributed by atoms with Crippen LogP contribution in [-0.4, -0.2) is 80.0 Å². The van der Waals surface area contributed by atoms with E-state index in [4.69, 9.17) is 14.8 Å². The lowest BCUT2D eigenvalue weighted by Crippen LogP contribution is -2.48. The Balaban J connectivity index is 1.43. The molecule has 0 aromatic carbocycles. The zero-order valence-electron chi connectivity index (χ0n) is 17.7. The van der Waals surface area contributed by atoms with E-state index in [0.717, 1.165) is 54.5 Å². The quantitative estimate of drug-likeness (QED) is 0.635. The highest BCUT2D eigenvalue weighted by molar-refractivity contribution is 5.66. The molecule has 0 saturated carbocycles. The number of imidazole rings is 1. The second kappa shape index (κ2) is 8.71. The molecule has 3 aromatic rings. The summed E-state index contributed by atoms with van der Waals surface area (Å²) in [7, 11) is 0. The van der Waals surface area contributed by atoms with Gasteiger partial charge in [-0.3, -0.25) is 9.38 Å². The summed E-state index contributed by atoms with van der Waals surface area (Å²) >= 11 is 0. The number of hydrogen-bond donors (Lipinski definition) is 2. The summed E-state index contributed by atoms with van der Waals surface area (Å²) < 4.78 is 7.48. The summed E-state index contributed by atoms with van der Waals surface area (Å²) in [5.74, 6) is 1.11. The number of amides is 1. The molecule has 0 bridgehead atoms. The first-order valence-corrected chi connectivity index (χ1v) is 10.9. The Bertz CT molecular complexity index is 1100. The Labute approximate surface area is 185 Å². The van der Waals surface area contributed by atoms with Gasteiger partial charge in [0.05, 0.1) is 29.9 Å². The molecule has 2 aliphatic rings. The molecular weight excluding hydrogens is 412 g/mol. The van der Waals surface area contributed by atoms with Crippen LogP contribution < -0.4 is 4.90 Å². The molecule has 2 N–H and O–H groups in total. The summed E-state index contributed by atoms with van der Waals surface area (Å²) in [6, 6.07) is 3.95. The Hall–Kier alpha value is -3.24. The molecule has 2 aliphatic heterocycles. The van der Waals surface area contributed by atoms with Gasteiger partial charge in [0.1, 0.15) is 5.82 Å². The normalized spacial score (nSPS) is 17.8. The average molecular weight is 438 g/mol. The van der Waals surface area contributed by atoms with Crippen molar-refractivity contribution in [2.45, 2.75) is 25.4 Å². The highest BCUT2D eigenvalue weighted by atomic mass is 16.5. The number of pyridine rings is 1. The first kappa shape index (κ1) is 20.7. The van der Waals surface area contributed by atoms with E-state index < -0.39 is 6.09 Å². The van der Waals surface area contributed by atoms with Gasteiger partial charge >= 0.3 is 6.09 Å². The van der Waals surface area contributed by atoms with E-state index in [2.05, 4.69) is 14.9 Å². The minimum absolute atomic E-state index is 0.131. The van der Waals surface area contributed by atoms with Gasteiger partial charge in [-0.05, 0) is 25.0 Å². The van der Waals surface area contributed by atoms with E-state index >= 15 is 0 Å². The van der Waals surface area contributed by atoms with Gasteiger partial charge in [0.25, 0.3) is 0 Å². The van der Waals surface area contributed by atoms with Crippen LogP contribution in [0.4, 0.5) is 10.6 Å². The van der Waals surface area contributed by atoms with Gasteiger partial charge in [-0.25, -0.2) is 14.8 Å². The van der Waals surface area contributed by atoms with Crippen LogP contribution in [0.2, 0.25) is 0 Å². The fourth-order valence-corrected chi connectivity index (χ4v) is 4.44. The first-order valence-electron chi connectivity index (χ1n) is 10.9. The third-order valence-electron chi connectivity index (χ3n) is 6.26. The fraction of sp³-hybridized carbons (Fsp3) is 0.455. The molecule has 0 spiro atoms. The number of hydrogen-bond acceptors (Lipinski definition) is 7. The summed E-state index contributed by atoms with van der Waals surface area (Å²) in [6.45, 7) is 3.48. The first-order chi connectivity index (χ1) is 15.6. The largest absolute Gasteiger partial charge is 0.465 e. The van der Waals surface area contributed by atoms with Crippen LogP contribution in [0.25, 0.3) is 16.9 Å². The third-order valence-corrected chi connectivity index (χ3v) is 6.26. The lowest BCUT2D eigenvalue weighted by molar-refractivity contribution is 0.0847. The van der Waals surface area contributed by atoms with Crippen molar-refractivity contribution in [1.29, 1.82) is 0 Å². The monoisotopic (exact) mass is 438 g/mol. The van der Waals surface area contributed by atoms with Crippen molar-refractivity contribution < 1.29 is 19.7 Å². The summed E-state index contributed by atoms with van der Waals surface area (Å²) in [4.78, 5) is 28.7. The van der Waals surface area contributed by atoms with Crippen LogP contribution in [0.5, 0.6) is 0 Å². The van der Waals surface area contributed by atoms with Crippen molar-refractivity contribution in [2.75, 3.05) is 44.3 Å². The van der Waals surface area contributed by atoms with Crippen molar-refractivity contribution in [1.82, 2.24) is 24.3 Å². The molecule has 0 unspecified atom stereocenters. The number of fused-ring (bicyclic) bond motifs is 1. The van der Waals surface area contributed by atoms with Gasteiger partial charge in [0.15, 0.2) is 5.65 Å². The van der Waals surface area contributed by atoms with E-state index in [0.29, 0.717) is 37.8 Å². The molecule has 168 valence electrons. The Morgan fingerprint density at radius 3 is 2.53 bits per heavy atom. The number of rotatable bonds is 4. The molecule has 0 radical (unpaired) electrons. The number of carboxylic acid groups (broad SMARTS) is 1. The summed E-state index contributed by atoms with van der Waals surface area (Å²) in [6.07, 6.45) is 6.46. The highest BCUT2D eigenvalue weighted by Gasteiger charge is 2.24. The number of anilines is 1. The predicted molar refractivity (Wildman–Crippen MR) is 117 cm³/mol. The maximum atomic E-state index is 11.1. The van der Waals surface area contributed by atoms with E-state index in [1.165, 1.54) is 4.90 Å². The van der Waals surface area contributed by atoms with E-state index in [1.807, 2.05) is 35.1 Å². The SMILES string of the molecule is O=C(O)N1CCN(c2ccc(-c3cnc(C4CCOCC4)c4nc(CO)cn34)cn2)CC1. The Kier molecular flexibility index (Phi) is 5.62. The zero-order chi connectivity index (χ0) is 22.1. The van der Waals surface area contributed by atoms with Gasteiger partial charge in [0.2, 0.25) is 0 Å². The molecule has 0 atom stereocenters. The molecule has 10 heteroatoms. The Morgan fingerprint density at radius 1 is 1.09 bits per heavy atom. The number of piperazine rings is 1. The predicted octanol–water partition coefficient (Wildman–Crippen LogP) is 1.98. The molecule has 2 saturated heterocycles. The average Bonchev–Trinajstić information content (AvgIpc) is 3.29. The van der Waals surface area contributed by atoms with Gasteiger partial charge in [-0.1, -0.05) is 0 Å². The zero-order valence-corrected chi connectivity index (χ0v) is 17.7. The molecule has 5 rings (SSSR count). The van der Waals surface area contributed by atoms with E-state index in [-0.39, 0.29) is 6.61 Å². The number of aliphatic hydroxyl groups is 1. The number of ether oxygens (including phenoxy) is 1. The third kappa shape index (κ3) is 3.87. The van der Waals surface area contributed by atoms with Crippen molar-refractivity contribution >= 4 is 17.6 Å². The summed E-state index contributed by atoms with van der Waals surface area (Å²) in [5.41, 5.74) is 4.08. The minimum atomic E-state index is -0.878. The molecule has 1 amide bonds. The lowest BCUT2D eigenvalue weighted by Gasteiger charge is -2.33. The fourth-order valence-electron chi connectivity index (χ4n) is 4.44. The maximum Gasteiger partial charge on any atom is 0.407 e. The van der Waals surface area contributed by atoms with Gasteiger partial charge in [0, 0.05) is 63.3 Å².